The van der Waals surface area contributed by atoms with Gasteiger partial charge in [-0.15, -0.1) is 0 Å². The van der Waals surface area contributed by atoms with Crippen LogP contribution in [0.5, 0.6) is 0 Å². The van der Waals surface area contributed by atoms with Crippen molar-refractivity contribution in [2.75, 3.05) is 26.2 Å². The molecule has 1 fully saturated rings. The van der Waals surface area contributed by atoms with Crippen molar-refractivity contribution in [3.05, 3.63) is 24.5 Å². The first-order valence-corrected chi connectivity index (χ1v) is 6.68. The highest BCUT2D eigenvalue weighted by atomic mass is 32.2. The highest BCUT2D eigenvalue weighted by molar-refractivity contribution is 7.89. The normalized spacial score (nSPS) is 18.0. The Morgan fingerprint density at radius 3 is 2.47 bits per heavy atom. The van der Waals surface area contributed by atoms with Crippen LogP contribution in [-0.4, -0.2) is 55.2 Å². The second-order valence-electron chi connectivity index (χ2n) is 3.73. The number of sulfonamides is 1. The number of hydrogen-bond donors (Lipinski definition) is 0. The van der Waals surface area contributed by atoms with Gasteiger partial charge in [0.2, 0.25) is 16.4 Å². The van der Waals surface area contributed by atoms with E-state index in [0.29, 0.717) is 26.2 Å². The van der Waals surface area contributed by atoms with Crippen LogP contribution in [0.25, 0.3) is 0 Å². The number of carbonyl (C=O) groups is 1. The quantitative estimate of drug-likeness (QED) is 0.686. The fourth-order valence-electron chi connectivity index (χ4n) is 1.70. The van der Waals surface area contributed by atoms with Crippen LogP contribution in [-0.2, 0) is 14.8 Å². The Morgan fingerprint density at radius 1 is 1.24 bits per heavy atom. The van der Waals surface area contributed by atoms with Gasteiger partial charge in [0.05, 0.1) is 0 Å². The molecule has 1 aliphatic rings. The summed E-state index contributed by atoms with van der Waals surface area (Å²) in [5.74, 6) is 0. The zero-order valence-electron chi connectivity index (χ0n) is 9.19. The van der Waals surface area contributed by atoms with Gasteiger partial charge in [0.25, 0.3) is 0 Å². The lowest BCUT2D eigenvalue weighted by molar-refractivity contribution is -0.119. The summed E-state index contributed by atoms with van der Waals surface area (Å²) in [6.45, 7) is 1.53. The predicted octanol–water partition coefficient (Wildman–Crippen LogP) is -0.456. The maximum Gasteiger partial charge on any atom is 0.244 e. The largest absolute Gasteiger partial charge is 0.343 e. The molecule has 1 aliphatic heterocycles. The van der Waals surface area contributed by atoms with Crippen LogP contribution in [0.15, 0.2) is 29.4 Å². The van der Waals surface area contributed by atoms with Crippen molar-refractivity contribution in [3.8, 4) is 0 Å². The zero-order chi connectivity index (χ0) is 12.3. The lowest BCUT2D eigenvalue weighted by atomic mass is 10.4. The molecule has 7 heteroatoms. The molecule has 0 spiro atoms. The summed E-state index contributed by atoms with van der Waals surface area (Å²) in [5, 5.41) is 0. The summed E-state index contributed by atoms with van der Waals surface area (Å²) in [4.78, 5) is 16.1. The van der Waals surface area contributed by atoms with E-state index < -0.39 is 10.0 Å². The van der Waals surface area contributed by atoms with Crippen molar-refractivity contribution in [2.24, 2.45) is 0 Å². The van der Waals surface area contributed by atoms with E-state index in [0.717, 1.165) is 6.41 Å². The van der Waals surface area contributed by atoms with Gasteiger partial charge in [-0.05, 0) is 12.1 Å². The van der Waals surface area contributed by atoms with Gasteiger partial charge in [-0.2, -0.15) is 4.31 Å². The Morgan fingerprint density at radius 2 is 1.94 bits per heavy atom. The van der Waals surface area contributed by atoms with Crippen molar-refractivity contribution in [1.29, 1.82) is 0 Å². The molecule has 1 amide bonds. The summed E-state index contributed by atoms with van der Waals surface area (Å²) < 4.78 is 25.7. The second kappa shape index (κ2) is 4.80. The summed E-state index contributed by atoms with van der Waals surface area (Å²) in [5.41, 5.74) is 0. The average Bonchev–Trinajstić information content (AvgIpc) is 2.40. The number of carbonyl (C=O) groups excluding carboxylic acids is 1. The van der Waals surface area contributed by atoms with Gasteiger partial charge >= 0.3 is 0 Å². The highest BCUT2D eigenvalue weighted by Crippen LogP contribution is 2.15. The van der Waals surface area contributed by atoms with E-state index in [4.69, 9.17) is 0 Å². The Hall–Kier alpha value is -1.47. The molecule has 0 bridgehead atoms. The summed E-state index contributed by atoms with van der Waals surface area (Å²) in [7, 11) is -3.47. The maximum absolute atomic E-state index is 12.2. The Kier molecular flexibility index (Phi) is 3.39. The molecule has 0 unspecified atom stereocenters. The zero-order valence-corrected chi connectivity index (χ0v) is 10.0. The molecule has 1 saturated heterocycles. The lowest BCUT2D eigenvalue weighted by Crippen LogP contribution is -2.47. The topological polar surface area (TPSA) is 70.6 Å². The Bertz CT molecular complexity index is 481. The SMILES string of the molecule is O=CN1CCN(S(=O)(=O)c2cccnc2)CC1. The van der Waals surface area contributed by atoms with Gasteiger partial charge < -0.3 is 4.90 Å². The molecule has 0 atom stereocenters. The highest BCUT2D eigenvalue weighted by Gasteiger charge is 2.27. The summed E-state index contributed by atoms with van der Waals surface area (Å²) >= 11 is 0. The van der Waals surface area contributed by atoms with Crippen molar-refractivity contribution >= 4 is 16.4 Å². The van der Waals surface area contributed by atoms with E-state index in [9.17, 15) is 13.2 Å². The van der Waals surface area contributed by atoms with Gasteiger partial charge in [-0.1, -0.05) is 0 Å². The third-order valence-electron chi connectivity index (χ3n) is 2.69. The fraction of sp³-hybridized carbons (Fsp3) is 0.400. The number of aromatic nitrogens is 1. The van der Waals surface area contributed by atoms with Crippen LogP contribution < -0.4 is 0 Å². The van der Waals surface area contributed by atoms with Crippen molar-refractivity contribution < 1.29 is 13.2 Å². The predicted molar refractivity (Wildman–Crippen MR) is 60.6 cm³/mol. The molecule has 0 saturated carbocycles. The van der Waals surface area contributed by atoms with E-state index in [1.54, 1.807) is 11.0 Å². The number of amides is 1. The first-order valence-electron chi connectivity index (χ1n) is 5.24. The molecule has 92 valence electrons. The summed E-state index contributed by atoms with van der Waals surface area (Å²) in [6, 6.07) is 3.11. The van der Waals surface area contributed by atoms with Gasteiger partial charge in [-0.3, -0.25) is 9.78 Å². The molecule has 1 aromatic rings. The van der Waals surface area contributed by atoms with E-state index >= 15 is 0 Å². The minimum atomic E-state index is -3.47. The van der Waals surface area contributed by atoms with Crippen LogP contribution in [0, 0.1) is 0 Å². The fourth-order valence-corrected chi connectivity index (χ4v) is 3.08. The minimum absolute atomic E-state index is 0.194. The number of piperazine rings is 1. The summed E-state index contributed by atoms with van der Waals surface area (Å²) in [6.07, 6.45) is 3.61. The van der Waals surface area contributed by atoms with E-state index in [1.807, 2.05) is 0 Å². The number of rotatable bonds is 3. The molecule has 2 rings (SSSR count). The Labute approximate surface area is 99.9 Å². The molecule has 1 aromatic heterocycles. The average molecular weight is 255 g/mol. The Balaban J connectivity index is 2.16. The second-order valence-corrected chi connectivity index (χ2v) is 5.67. The lowest BCUT2D eigenvalue weighted by Gasteiger charge is -2.31. The monoisotopic (exact) mass is 255 g/mol. The van der Waals surface area contributed by atoms with E-state index in [-0.39, 0.29) is 4.90 Å². The van der Waals surface area contributed by atoms with Crippen molar-refractivity contribution in [2.45, 2.75) is 4.90 Å². The molecule has 0 aliphatic carbocycles. The number of pyridine rings is 1. The van der Waals surface area contributed by atoms with Gasteiger partial charge in [0, 0.05) is 38.6 Å². The first-order chi connectivity index (χ1) is 8.14. The van der Waals surface area contributed by atoms with Crippen LogP contribution in [0.3, 0.4) is 0 Å². The van der Waals surface area contributed by atoms with Gasteiger partial charge in [0.1, 0.15) is 4.90 Å². The van der Waals surface area contributed by atoms with Gasteiger partial charge in [0.15, 0.2) is 0 Å². The van der Waals surface area contributed by atoms with Crippen molar-refractivity contribution in [3.63, 3.8) is 0 Å². The van der Waals surface area contributed by atoms with Gasteiger partial charge in [-0.25, -0.2) is 8.42 Å². The molecular formula is C10H13N3O3S. The van der Waals surface area contributed by atoms with E-state index in [1.165, 1.54) is 22.8 Å². The minimum Gasteiger partial charge on any atom is -0.343 e. The van der Waals surface area contributed by atoms with Crippen LogP contribution in [0.2, 0.25) is 0 Å². The molecule has 2 heterocycles. The van der Waals surface area contributed by atoms with Crippen molar-refractivity contribution in [1.82, 2.24) is 14.2 Å². The molecule has 17 heavy (non-hydrogen) atoms. The number of nitrogens with zero attached hydrogens (tertiary/aromatic N) is 3. The smallest absolute Gasteiger partial charge is 0.244 e. The van der Waals surface area contributed by atoms with Crippen LogP contribution in [0.1, 0.15) is 0 Å². The number of hydrogen-bond acceptors (Lipinski definition) is 4. The van der Waals surface area contributed by atoms with Crippen LogP contribution in [0.4, 0.5) is 0 Å². The molecule has 0 radical (unpaired) electrons. The third-order valence-corrected chi connectivity index (χ3v) is 4.58. The first kappa shape index (κ1) is 12.0. The van der Waals surface area contributed by atoms with E-state index in [2.05, 4.69) is 4.98 Å². The molecule has 0 aromatic carbocycles. The maximum atomic E-state index is 12.2. The molecule has 0 N–H and O–H groups in total. The molecule has 6 nitrogen and oxygen atoms in total. The standard InChI is InChI=1S/C10H13N3O3S/c14-9-12-4-6-13(7-5-12)17(15,16)10-2-1-3-11-8-10/h1-3,8-9H,4-7H2. The molecular weight excluding hydrogens is 242 g/mol. The van der Waals surface area contributed by atoms with Crippen LogP contribution >= 0.6 is 0 Å². The third kappa shape index (κ3) is 2.45.